The van der Waals surface area contributed by atoms with Crippen molar-refractivity contribution in [2.45, 2.75) is 25.7 Å². The molecule has 2 aromatic rings. The summed E-state index contributed by atoms with van der Waals surface area (Å²) in [5, 5.41) is 12.1. The lowest BCUT2D eigenvalue weighted by atomic mass is 9.96. The van der Waals surface area contributed by atoms with Crippen molar-refractivity contribution in [1.82, 2.24) is 9.80 Å². The lowest BCUT2D eigenvalue weighted by molar-refractivity contribution is 0.0779. The largest absolute Gasteiger partial charge is 0.396 e. The molecule has 144 valence electrons. The maximum Gasteiger partial charge on any atom is 0.253 e. The Morgan fingerprint density at radius 3 is 2.37 bits per heavy atom. The Kier molecular flexibility index (Phi) is 5.74. The second-order valence-corrected chi connectivity index (χ2v) is 8.19. The highest BCUT2D eigenvalue weighted by Gasteiger charge is 2.36. The van der Waals surface area contributed by atoms with Crippen LogP contribution in [0.25, 0.3) is 10.8 Å². The van der Waals surface area contributed by atoms with E-state index in [1.54, 1.807) is 0 Å². The maximum atomic E-state index is 13.1. The quantitative estimate of drug-likeness (QED) is 0.902. The highest BCUT2D eigenvalue weighted by Crippen LogP contribution is 2.27. The molecule has 1 amide bonds. The number of amides is 1. The summed E-state index contributed by atoms with van der Waals surface area (Å²) in [5.74, 6) is 0.660. The zero-order valence-electron chi connectivity index (χ0n) is 16.0. The topological polar surface area (TPSA) is 43.8 Å². The number of aliphatic hydroxyl groups excluding tert-OH is 1. The number of hydrogen-bond acceptors (Lipinski definition) is 3. The van der Waals surface area contributed by atoms with Gasteiger partial charge in [-0.3, -0.25) is 4.79 Å². The molecule has 0 radical (unpaired) electrons. The van der Waals surface area contributed by atoms with Crippen molar-refractivity contribution < 1.29 is 9.90 Å². The van der Waals surface area contributed by atoms with Crippen molar-refractivity contribution in [3.05, 3.63) is 48.0 Å². The predicted octanol–water partition coefficient (Wildman–Crippen LogP) is 3.40. The van der Waals surface area contributed by atoms with Crippen LogP contribution in [0, 0.1) is 11.8 Å². The van der Waals surface area contributed by atoms with Crippen molar-refractivity contribution in [3.63, 3.8) is 0 Å². The Labute approximate surface area is 161 Å². The van der Waals surface area contributed by atoms with Gasteiger partial charge in [-0.2, -0.15) is 0 Å². The SMILES string of the molecule is O=C(c1ccc2ccccc2c1)N1C[C@@H](CO)[C@@H](CN2CCCCCC2)C1. The van der Waals surface area contributed by atoms with Gasteiger partial charge in [-0.1, -0.05) is 43.2 Å². The summed E-state index contributed by atoms with van der Waals surface area (Å²) in [6.07, 6.45) is 5.21. The number of aliphatic hydroxyl groups is 1. The lowest BCUT2D eigenvalue weighted by Gasteiger charge is -2.26. The first-order valence-corrected chi connectivity index (χ1v) is 10.4. The number of carbonyl (C=O) groups excluding carboxylic acids is 1. The van der Waals surface area contributed by atoms with Crippen LogP contribution in [0.5, 0.6) is 0 Å². The van der Waals surface area contributed by atoms with Gasteiger partial charge in [0.1, 0.15) is 0 Å². The van der Waals surface area contributed by atoms with E-state index in [4.69, 9.17) is 0 Å². The zero-order chi connectivity index (χ0) is 18.6. The fraction of sp³-hybridized carbons (Fsp3) is 0.522. The molecule has 4 heteroatoms. The first-order valence-electron chi connectivity index (χ1n) is 10.4. The maximum absolute atomic E-state index is 13.1. The van der Waals surface area contributed by atoms with Crippen molar-refractivity contribution in [3.8, 4) is 0 Å². The third-order valence-electron chi connectivity index (χ3n) is 6.29. The Balaban J connectivity index is 1.45. The number of benzene rings is 2. The van der Waals surface area contributed by atoms with Gasteiger partial charge in [-0.15, -0.1) is 0 Å². The van der Waals surface area contributed by atoms with E-state index in [0.29, 0.717) is 12.5 Å². The molecule has 2 atom stereocenters. The van der Waals surface area contributed by atoms with Crippen LogP contribution in [0.2, 0.25) is 0 Å². The Morgan fingerprint density at radius 1 is 0.926 bits per heavy atom. The van der Waals surface area contributed by atoms with Gasteiger partial charge in [0, 0.05) is 37.7 Å². The molecule has 2 aromatic carbocycles. The molecule has 0 spiro atoms. The molecule has 4 nitrogen and oxygen atoms in total. The average molecular weight is 367 g/mol. The third-order valence-corrected chi connectivity index (χ3v) is 6.29. The third kappa shape index (κ3) is 4.17. The number of fused-ring (bicyclic) bond motifs is 1. The van der Waals surface area contributed by atoms with Crippen LogP contribution >= 0.6 is 0 Å². The molecule has 2 heterocycles. The smallest absolute Gasteiger partial charge is 0.253 e. The fourth-order valence-electron chi connectivity index (χ4n) is 4.67. The summed E-state index contributed by atoms with van der Waals surface area (Å²) >= 11 is 0. The summed E-state index contributed by atoms with van der Waals surface area (Å²) in [4.78, 5) is 17.6. The molecule has 0 bridgehead atoms. The van der Waals surface area contributed by atoms with Gasteiger partial charge in [0.2, 0.25) is 0 Å². The van der Waals surface area contributed by atoms with Crippen LogP contribution in [-0.4, -0.2) is 60.1 Å². The minimum absolute atomic E-state index is 0.0950. The number of hydrogen-bond donors (Lipinski definition) is 1. The number of nitrogens with zero attached hydrogens (tertiary/aromatic N) is 2. The molecule has 2 aliphatic heterocycles. The van der Waals surface area contributed by atoms with Crippen LogP contribution in [0.3, 0.4) is 0 Å². The van der Waals surface area contributed by atoms with Gasteiger partial charge in [0.05, 0.1) is 0 Å². The van der Waals surface area contributed by atoms with Crippen molar-refractivity contribution in [1.29, 1.82) is 0 Å². The molecule has 0 aromatic heterocycles. The standard InChI is InChI=1S/C23H30N2O2/c26-17-22-16-25(15-21(22)14-24-11-5-1-2-6-12-24)23(27)20-10-9-18-7-3-4-8-19(18)13-20/h3-4,7-10,13,21-22,26H,1-2,5-6,11-12,14-17H2/t21-,22-/m0/s1. The number of rotatable bonds is 4. The molecule has 1 N–H and O–H groups in total. The second-order valence-electron chi connectivity index (χ2n) is 8.19. The van der Waals surface area contributed by atoms with E-state index in [2.05, 4.69) is 17.0 Å². The minimum Gasteiger partial charge on any atom is -0.396 e. The number of carbonyl (C=O) groups is 1. The van der Waals surface area contributed by atoms with E-state index >= 15 is 0 Å². The molecule has 0 unspecified atom stereocenters. The molecule has 0 aliphatic carbocycles. The van der Waals surface area contributed by atoms with E-state index < -0.39 is 0 Å². The van der Waals surface area contributed by atoms with Gasteiger partial charge in [0.25, 0.3) is 5.91 Å². The summed E-state index contributed by atoms with van der Waals surface area (Å²) in [7, 11) is 0. The molecule has 4 rings (SSSR count). The van der Waals surface area contributed by atoms with Crippen LogP contribution < -0.4 is 0 Å². The van der Waals surface area contributed by atoms with E-state index in [1.165, 1.54) is 25.7 Å². The minimum atomic E-state index is 0.0950. The normalized spacial score (nSPS) is 24.3. The van der Waals surface area contributed by atoms with Crippen LogP contribution in [0.1, 0.15) is 36.0 Å². The van der Waals surface area contributed by atoms with Crippen molar-refractivity contribution in [2.75, 3.05) is 39.3 Å². The molecule has 2 fully saturated rings. The molecule has 2 aliphatic rings. The molecular weight excluding hydrogens is 336 g/mol. The summed E-state index contributed by atoms with van der Waals surface area (Å²) in [5.41, 5.74) is 0.751. The fourth-order valence-corrected chi connectivity index (χ4v) is 4.67. The van der Waals surface area contributed by atoms with Gasteiger partial charge >= 0.3 is 0 Å². The Morgan fingerprint density at radius 2 is 1.63 bits per heavy atom. The summed E-state index contributed by atoms with van der Waals surface area (Å²) in [6.45, 7) is 4.92. The van der Waals surface area contributed by atoms with E-state index in [9.17, 15) is 9.90 Å². The van der Waals surface area contributed by atoms with Crippen molar-refractivity contribution >= 4 is 16.7 Å². The van der Waals surface area contributed by atoms with Gasteiger partial charge in [0.15, 0.2) is 0 Å². The molecule has 0 saturated carbocycles. The Bertz CT molecular complexity index is 783. The Hall–Kier alpha value is -1.91. The summed E-state index contributed by atoms with van der Waals surface area (Å²) in [6, 6.07) is 14.1. The zero-order valence-corrected chi connectivity index (χ0v) is 16.0. The van der Waals surface area contributed by atoms with Crippen LogP contribution in [0.4, 0.5) is 0 Å². The van der Waals surface area contributed by atoms with E-state index in [0.717, 1.165) is 42.5 Å². The molecular formula is C23H30N2O2. The predicted molar refractivity (Wildman–Crippen MR) is 109 cm³/mol. The number of likely N-dealkylation sites (tertiary alicyclic amines) is 2. The van der Waals surface area contributed by atoms with E-state index in [1.807, 2.05) is 35.2 Å². The highest BCUT2D eigenvalue weighted by molar-refractivity contribution is 5.98. The monoisotopic (exact) mass is 366 g/mol. The van der Waals surface area contributed by atoms with Gasteiger partial charge in [-0.25, -0.2) is 0 Å². The van der Waals surface area contributed by atoms with Crippen LogP contribution in [0.15, 0.2) is 42.5 Å². The molecule has 27 heavy (non-hydrogen) atoms. The first kappa shape index (κ1) is 18.5. The molecule has 2 saturated heterocycles. The average Bonchev–Trinajstić information content (AvgIpc) is 2.93. The van der Waals surface area contributed by atoms with E-state index in [-0.39, 0.29) is 18.4 Å². The van der Waals surface area contributed by atoms with Gasteiger partial charge < -0.3 is 14.9 Å². The summed E-state index contributed by atoms with van der Waals surface area (Å²) < 4.78 is 0. The van der Waals surface area contributed by atoms with Crippen LogP contribution in [-0.2, 0) is 0 Å². The second kappa shape index (κ2) is 8.41. The highest BCUT2D eigenvalue weighted by atomic mass is 16.3. The van der Waals surface area contributed by atoms with Gasteiger partial charge in [-0.05, 0) is 54.8 Å². The first-order chi connectivity index (χ1) is 13.2. The lowest BCUT2D eigenvalue weighted by Crippen LogP contribution is -2.35. The van der Waals surface area contributed by atoms with Crippen molar-refractivity contribution in [2.24, 2.45) is 11.8 Å².